The summed E-state index contributed by atoms with van der Waals surface area (Å²) in [7, 11) is 3.37. The third kappa shape index (κ3) is 2.99. The van der Waals surface area contributed by atoms with Gasteiger partial charge in [0.1, 0.15) is 6.10 Å². The van der Waals surface area contributed by atoms with Crippen molar-refractivity contribution in [1.82, 2.24) is 4.90 Å². The molecule has 1 spiro atoms. The van der Waals surface area contributed by atoms with Crippen LogP contribution in [0.2, 0.25) is 0 Å². The summed E-state index contributed by atoms with van der Waals surface area (Å²) in [4.78, 5) is 2.69. The van der Waals surface area contributed by atoms with Crippen molar-refractivity contribution in [2.75, 3.05) is 33.9 Å². The van der Waals surface area contributed by atoms with Gasteiger partial charge >= 0.3 is 0 Å². The van der Waals surface area contributed by atoms with Crippen LogP contribution < -0.4 is 14.2 Å². The van der Waals surface area contributed by atoms with Gasteiger partial charge in [-0.2, -0.15) is 0 Å². The average molecular weight is 373 g/mol. The fourth-order valence-corrected chi connectivity index (χ4v) is 5.76. The number of hydrogen-bond donors (Lipinski definition) is 0. The van der Waals surface area contributed by atoms with E-state index in [-0.39, 0.29) is 6.10 Å². The summed E-state index contributed by atoms with van der Waals surface area (Å²) in [6, 6.07) is 4.84. The summed E-state index contributed by atoms with van der Waals surface area (Å²) in [6.07, 6.45) is 9.23. The molecule has 27 heavy (non-hydrogen) atoms. The molecular weight excluding hydrogens is 342 g/mol. The molecule has 5 heteroatoms. The number of methoxy groups -OCH3 is 2. The zero-order chi connectivity index (χ0) is 18.4. The molecule has 1 aromatic carbocycles. The minimum atomic E-state index is 0.219. The molecule has 5 nitrogen and oxygen atoms in total. The highest BCUT2D eigenvalue weighted by Gasteiger charge is 2.62. The highest BCUT2D eigenvalue weighted by molar-refractivity contribution is 5.54. The molecule has 1 saturated heterocycles. The van der Waals surface area contributed by atoms with Crippen LogP contribution in [-0.4, -0.2) is 57.1 Å². The van der Waals surface area contributed by atoms with E-state index in [1.54, 1.807) is 14.2 Å². The summed E-state index contributed by atoms with van der Waals surface area (Å²) in [5, 5.41) is 0. The van der Waals surface area contributed by atoms with E-state index in [0.717, 1.165) is 44.0 Å². The maximum Gasteiger partial charge on any atom is 0.203 e. The van der Waals surface area contributed by atoms with Gasteiger partial charge in [-0.25, -0.2) is 0 Å². The molecule has 3 fully saturated rings. The first-order valence-corrected chi connectivity index (χ1v) is 10.5. The Morgan fingerprint density at radius 2 is 2.07 bits per heavy atom. The lowest BCUT2D eigenvalue weighted by Crippen LogP contribution is -2.44. The second-order valence-corrected chi connectivity index (χ2v) is 8.66. The molecule has 5 atom stereocenters. The molecule has 1 aromatic rings. The van der Waals surface area contributed by atoms with E-state index in [1.807, 2.05) is 0 Å². The van der Waals surface area contributed by atoms with Crippen LogP contribution in [0.5, 0.6) is 17.2 Å². The molecule has 4 aliphatic rings. The van der Waals surface area contributed by atoms with Crippen molar-refractivity contribution in [3.63, 3.8) is 0 Å². The lowest BCUT2D eigenvalue weighted by Gasteiger charge is -2.39. The molecule has 148 valence electrons. The first-order valence-electron chi connectivity index (χ1n) is 10.5. The zero-order valence-corrected chi connectivity index (χ0v) is 16.5. The molecule has 0 N–H and O–H groups in total. The molecule has 0 aromatic heterocycles. The van der Waals surface area contributed by atoms with Gasteiger partial charge in [0.15, 0.2) is 11.5 Å². The van der Waals surface area contributed by atoms with Crippen molar-refractivity contribution < 1.29 is 18.9 Å². The van der Waals surface area contributed by atoms with Crippen molar-refractivity contribution in [2.45, 2.75) is 63.2 Å². The lowest BCUT2D eigenvalue weighted by molar-refractivity contribution is 0.0307. The summed E-state index contributed by atoms with van der Waals surface area (Å²) in [5.74, 6) is 2.25. The molecule has 2 aliphatic heterocycles. The van der Waals surface area contributed by atoms with Crippen molar-refractivity contribution in [3.8, 4) is 17.2 Å². The fourth-order valence-electron chi connectivity index (χ4n) is 5.76. The molecule has 5 rings (SSSR count). The van der Waals surface area contributed by atoms with Crippen LogP contribution in [0.1, 0.15) is 44.1 Å². The first-order chi connectivity index (χ1) is 13.2. The van der Waals surface area contributed by atoms with Crippen LogP contribution in [0.15, 0.2) is 12.1 Å². The minimum absolute atomic E-state index is 0.219. The second kappa shape index (κ2) is 6.85. The van der Waals surface area contributed by atoms with Gasteiger partial charge < -0.3 is 18.9 Å². The Labute approximate surface area is 161 Å². The van der Waals surface area contributed by atoms with E-state index in [9.17, 15) is 0 Å². The quantitative estimate of drug-likeness (QED) is 0.794. The van der Waals surface area contributed by atoms with Gasteiger partial charge in [-0.15, -0.1) is 0 Å². The average Bonchev–Trinajstić information content (AvgIpc) is 3.14. The normalized spacial score (nSPS) is 37.6. The van der Waals surface area contributed by atoms with Crippen molar-refractivity contribution >= 4 is 0 Å². The number of benzene rings is 1. The van der Waals surface area contributed by atoms with Gasteiger partial charge in [-0.05, 0) is 49.8 Å². The summed E-state index contributed by atoms with van der Waals surface area (Å²) in [6.45, 7) is 2.90. The first kappa shape index (κ1) is 17.6. The summed E-state index contributed by atoms with van der Waals surface area (Å²) >= 11 is 0. The number of hydrogen-bond acceptors (Lipinski definition) is 5. The topological polar surface area (TPSA) is 40.2 Å². The van der Waals surface area contributed by atoms with E-state index in [0.29, 0.717) is 23.3 Å². The van der Waals surface area contributed by atoms with Crippen molar-refractivity contribution in [1.29, 1.82) is 0 Å². The predicted octanol–water partition coefficient (Wildman–Crippen LogP) is 3.43. The molecule has 4 unspecified atom stereocenters. The van der Waals surface area contributed by atoms with E-state index < -0.39 is 0 Å². The third-order valence-corrected chi connectivity index (χ3v) is 7.21. The van der Waals surface area contributed by atoms with E-state index in [4.69, 9.17) is 18.9 Å². The smallest absolute Gasteiger partial charge is 0.203 e. The van der Waals surface area contributed by atoms with Crippen LogP contribution in [0.25, 0.3) is 0 Å². The zero-order valence-electron chi connectivity index (χ0n) is 16.5. The maximum absolute atomic E-state index is 6.46. The van der Waals surface area contributed by atoms with E-state index in [2.05, 4.69) is 17.0 Å². The molecule has 4 bridgehead atoms. The Bertz CT molecular complexity index is 708. The van der Waals surface area contributed by atoms with Gasteiger partial charge in [0, 0.05) is 24.5 Å². The van der Waals surface area contributed by atoms with Crippen molar-refractivity contribution in [3.05, 3.63) is 17.7 Å². The van der Waals surface area contributed by atoms with E-state index in [1.165, 1.54) is 37.7 Å². The Morgan fingerprint density at radius 1 is 1.15 bits per heavy atom. The van der Waals surface area contributed by atoms with Crippen LogP contribution in [-0.2, 0) is 11.2 Å². The van der Waals surface area contributed by atoms with E-state index >= 15 is 0 Å². The van der Waals surface area contributed by atoms with Gasteiger partial charge in [-0.1, -0.05) is 12.8 Å². The van der Waals surface area contributed by atoms with Gasteiger partial charge in [0.25, 0.3) is 0 Å². The summed E-state index contributed by atoms with van der Waals surface area (Å²) in [5.41, 5.74) is 1.60. The molecule has 2 saturated carbocycles. The highest BCUT2D eigenvalue weighted by atomic mass is 16.5. The monoisotopic (exact) mass is 373 g/mol. The lowest BCUT2D eigenvalue weighted by atomic mass is 9.80. The standard InChI is InChI=1S/C22H31NO4/c1-24-17-11-15-7-10-26-20-13-22(20)8-4-3-5-19(22)23-9-6-16(14-23)27-18(12-15)21(17)25-2/h11-12,16,19-20H,3-10,13-14H2,1-2H3/t16-,19?,20?,22?/m1/s1. The largest absolute Gasteiger partial charge is 0.493 e. The maximum atomic E-state index is 6.46. The third-order valence-electron chi connectivity index (χ3n) is 7.21. The Balaban J connectivity index is 1.47. The molecule has 2 heterocycles. The number of ether oxygens (including phenoxy) is 4. The van der Waals surface area contributed by atoms with Crippen LogP contribution >= 0.6 is 0 Å². The molecule has 2 aliphatic carbocycles. The van der Waals surface area contributed by atoms with Crippen LogP contribution in [0, 0.1) is 5.41 Å². The number of fused-ring (bicyclic) bond motifs is 5. The minimum Gasteiger partial charge on any atom is -0.493 e. The fraction of sp³-hybridized carbons (Fsp3) is 0.727. The van der Waals surface area contributed by atoms with Gasteiger partial charge in [0.05, 0.1) is 26.9 Å². The molecule has 0 amide bonds. The number of nitrogens with zero attached hydrogens (tertiary/aromatic N) is 1. The molecular formula is C22H31NO4. The Hall–Kier alpha value is -1.46. The number of rotatable bonds is 2. The predicted molar refractivity (Wildman–Crippen MR) is 103 cm³/mol. The SMILES string of the molecule is COc1cc2cc(c1OC)O[C@@H]1CCN(C1)C1CCCCC13CC3OCC2. The van der Waals surface area contributed by atoms with Crippen molar-refractivity contribution in [2.24, 2.45) is 5.41 Å². The van der Waals surface area contributed by atoms with Gasteiger partial charge in [-0.3, -0.25) is 4.90 Å². The second-order valence-electron chi connectivity index (χ2n) is 8.66. The van der Waals surface area contributed by atoms with Crippen LogP contribution in [0.4, 0.5) is 0 Å². The Morgan fingerprint density at radius 3 is 2.93 bits per heavy atom. The summed E-state index contributed by atoms with van der Waals surface area (Å²) < 4.78 is 24.0. The Kier molecular flexibility index (Phi) is 4.47. The van der Waals surface area contributed by atoms with Gasteiger partial charge in [0.2, 0.25) is 5.75 Å². The molecule has 0 radical (unpaired) electrons. The highest BCUT2D eigenvalue weighted by Crippen LogP contribution is 2.60. The van der Waals surface area contributed by atoms with Crippen LogP contribution in [0.3, 0.4) is 0 Å².